The van der Waals surface area contributed by atoms with E-state index in [0.29, 0.717) is 0 Å². The number of hydrogen-bond acceptors (Lipinski definition) is 18. The summed E-state index contributed by atoms with van der Waals surface area (Å²) in [4.78, 5) is 72.9. The fourth-order valence-electron chi connectivity index (χ4n) is 4.28. The fraction of sp³-hybridized carbons (Fsp3) is 0.200. The minimum atomic E-state index is -1.18. The third-order valence-corrected chi connectivity index (χ3v) is 6.28. The van der Waals surface area contributed by atoms with Crippen molar-refractivity contribution in [3.63, 3.8) is 0 Å². The number of ether oxygens (including phenoxy) is 12. The molecule has 0 heterocycles. The highest BCUT2D eigenvalue weighted by molar-refractivity contribution is 6.27. The van der Waals surface area contributed by atoms with Gasteiger partial charge in [0.1, 0.15) is 0 Å². The summed E-state index contributed by atoms with van der Waals surface area (Å²) in [6.45, 7) is 0. The van der Waals surface area contributed by atoms with Gasteiger partial charge in [-0.05, 0) is 68.7 Å². The molecule has 252 valence electrons. The minimum absolute atomic E-state index is 0.221. The molecule has 0 aliphatic rings. The predicted molar refractivity (Wildman–Crippen MR) is 157 cm³/mol. The first kappa shape index (κ1) is 34.2. The molecule has 4 aromatic rings. The number of benzene rings is 4. The third-order valence-electron chi connectivity index (χ3n) is 6.28. The van der Waals surface area contributed by atoms with E-state index >= 15 is 0 Å². The Labute approximate surface area is 268 Å². The van der Waals surface area contributed by atoms with E-state index in [4.69, 9.17) is 28.4 Å². The van der Waals surface area contributed by atoms with Crippen LogP contribution in [0.1, 0.15) is 0 Å². The first-order chi connectivity index (χ1) is 23.0. The summed E-state index contributed by atoms with van der Waals surface area (Å²) >= 11 is 0. The Morgan fingerprint density at radius 1 is 0.292 bits per heavy atom. The Balaban J connectivity index is 2.24. The topological polar surface area (TPSA) is 213 Å². The fourth-order valence-corrected chi connectivity index (χ4v) is 4.28. The van der Waals surface area contributed by atoms with Crippen molar-refractivity contribution < 1.29 is 85.6 Å². The van der Waals surface area contributed by atoms with E-state index in [-0.39, 0.29) is 66.8 Å². The molecule has 4 aromatic carbocycles. The Morgan fingerprint density at radius 2 is 0.417 bits per heavy atom. The zero-order chi connectivity index (χ0) is 35.1. The minimum Gasteiger partial charge on any atom is -0.437 e. The predicted octanol–water partition coefficient (Wildman–Crippen LogP) is 6.02. The molecule has 0 bridgehead atoms. The molecule has 0 N–H and O–H groups in total. The van der Waals surface area contributed by atoms with Crippen LogP contribution in [0.3, 0.4) is 0 Å². The maximum atomic E-state index is 12.2. The van der Waals surface area contributed by atoms with Crippen LogP contribution in [-0.4, -0.2) is 79.6 Å². The van der Waals surface area contributed by atoms with Crippen molar-refractivity contribution in [2.24, 2.45) is 0 Å². The van der Waals surface area contributed by atoms with E-state index in [0.717, 1.165) is 42.7 Å². The number of carbonyl (C=O) groups excluding carboxylic acids is 6. The molecule has 0 aromatic heterocycles. The lowest BCUT2D eigenvalue weighted by atomic mass is 9.93. The summed E-state index contributed by atoms with van der Waals surface area (Å²) in [6.07, 6.45) is -7.11. The van der Waals surface area contributed by atoms with E-state index in [2.05, 4.69) is 28.4 Å². The average Bonchev–Trinajstić information content (AvgIpc) is 3.08. The van der Waals surface area contributed by atoms with Gasteiger partial charge in [0.2, 0.25) is 0 Å². The largest absolute Gasteiger partial charge is 0.513 e. The van der Waals surface area contributed by atoms with Crippen molar-refractivity contribution in [3.8, 4) is 34.5 Å². The number of rotatable bonds is 6. The summed E-state index contributed by atoms with van der Waals surface area (Å²) in [6, 6.07) is 7.64. The van der Waals surface area contributed by atoms with Crippen molar-refractivity contribution in [2.45, 2.75) is 0 Å². The summed E-state index contributed by atoms with van der Waals surface area (Å²) in [5, 5.41) is 1.33. The lowest BCUT2D eigenvalue weighted by molar-refractivity contribution is 0.111. The Hall–Kier alpha value is -6.72. The molecule has 0 fully saturated rings. The molecule has 0 unspecified atom stereocenters. The molecular formula is C30H24O18. The summed E-state index contributed by atoms with van der Waals surface area (Å²) in [5.41, 5.74) is 0. The van der Waals surface area contributed by atoms with Gasteiger partial charge < -0.3 is 56.8 Å². The number of hydrogen-bond donors (Lipinski definition) is 0. The Bertz CT molecular complexity index is 1570. The van der Waals surface area contributed by atoms with Gasteiger partial charge in [0, 0.05) is 0 Å². The third kappa shape index (κ3) is 7.22. The summed E-state index contributed by atoms with van der Waals surface area (Å²) < 4.78 is 59.0. The standard InChI is InChI=1S/C30H24O18/c1-37-25(31)43-19-7-13-14(8-20(19)44-26(32)38-2)16-10-22(46-28(34)40-4)24(48-30(36)42-6)12-18(16)17-11-23(47-29(35)41-5)21(9-15(13)17)45-27(33)39-3/h7-12H,1-6H3. The highest BCUT2D eigenvalue weighted by Gasteiger charge is 2.25. The van der Waals surface area contributed by atoms with Crippen molar-refractivity contribution >= 4 is 69.2 Å². The van der Waals surface area contributed by atoms with E-state index < -0.39 is 36.9 Å². The molecule has 0 radical (unpaired) electrons. The van der Waals surface area contributed by atoms with Crippen LogP contribution >= 0.6 is 0 Å². The van der Waals surface area contributed by atoms with Gasteiger partial charge in [-0.2, -0.15) is 0 Å². The van der Waals surface area contributed by atoms with Crippen LogP contribution in [0.4, 0.5) is 28.8 Å². The van der Waals surface area contributed by atoms with Gasteiger partial charge in [0.05, 0.1) is 42.7 Å². The van der Waals surface area contributed by atoms with Gasteiger partial charge in [-0.25, -0.2) is 28.8 Å². The number of carbonyl (C=O) groups is 6. The van der Waals surface area contributed by atoms with Gasteiger partial charge in [-0.1, -0.05) is 0 Å². The maximum absolute atomic E-state index is 12.2. The van der Waals surface area contributed by atoms with Gasteiger partial charge in [-0.15, -0.1) is 0 Å². The van der Waals surface area contributed by atoms with Gasteiger partial charge >= 0.3 is 36.9 Å². The van der Waals surface area contributed by atoms with E-state index in [1.807, 2.05) is 0 Å². The van der Waals surface area contributed by atoms with E-state index in [9.17, 15) is 28.8 Å². The normalized spacial score (nSPS) is 10.4. The van der Waals surface area contributed by atoms with Crippen molar-refractivity contribution in [1.29, 1.82) is 0 Å². The van der Waals surface area contributed by atoms with Crippen LogP contribution in [0, 0.1) is 0 Å². The second-order valence-electron chi connectivity index (χ2n) is 8.87. The average molecular weight is 673 g/mol. The molecule has 0 saturated carbocycles. The van der Waals surface area contributed by atoms with Crippen LogP contribution in [0.2, 0.25) is 0 Å². The van der Waals surface area contributed by atoms with Crippen molar-refractivity contribution in [1.82, 2.24) is 0 Å². The monoisotopic (exact) mass is 672 g/mol. The Kier molecular flexibility index (Phi) is 10.4. The van der Waals surface area contributed by atoms with Crippen molar-refractivity contribution in [2.75, 3.05) is 42.7 Å². The lowest BCUT2D eigenvalue weighted by Crippen LogP contribution is -2.13. The van der Waals surface area contributed by atoms with E-state index in [1.54, 1.807) is 0 Å². The first-order valence-corrected chi connectivity index (χ1v) is 13.1. The van der Waals surface area contributed by atoms with Gasteiger partial charge in [-0.3, -0.25) is 0 Å². The second-order valence-corrected chi connectivity index (χ2v) is 8.87. The molecular weight excluding hydrogens is 648 g/mol. The molecule has 0 spiro atoms. The zero-order valence-electron chi connectivity index (χ0n) is 25.8. The molecule has 0 atom stereocenters. The molecule has 0 saturated heterocycles. The number of fused-ring (bicyclic) bond motifs is 6. The lowest BCUT2D eigenvalue weighted by Gasteiger charge is -2.18. The highest BCUT2D eigenvalue weighted by atomic mass is 16.8. The molecule has 18 nitrogen and oxygen atoms in total. The van der Waals surface area contributed by atoms with Crippen LogP contribution in [0.25, 0.3) is 32.3 Å². The van der Waals surface area contributed by atoms with Crippen LogP contribution in [-0.2, 0) is 28.4 Å². The quantitative estimate of drug-likeness (QED) is 0.0991. The summed E-state index contributed by atoms with van der Waals surface area (Å²) in [7, 11) is 6.27. The van der Waals surface area contributed by atoms with Crippen LogP contribution in [0.15, 0.2) is 36.4 Å². The molecule has 0 amide bonds. The molecule has 18 heteroatoms. The SMILES string of the molecule is COC(=O)Oc1cc2c3cc(OC(=O)OC)c(OC(=O)OC)cc3c3cc(OC(=O)OC)c(OC(=O)OC)cc3c2cc1OC(=O)OC. The number of methoxy groups -OCH3 is 6. The zero-order valence-corrected chi connectivity index (χ0v) is 25.8. The van der Waals surface area contributed by atoms with Gasteiger partial charge in [0.15, 0.2) is 34.5 Å². The van der Waals surface area contributed by atoms with E-state index in [1.165, 1.54) is 36.4 Å². The highest BCUT2D eigenvalue weighted by Crippen LogP contribution is 2.47. The summed E-state index contributed by atoms with van der Waals surface area (Å²) in [5.74, 6) is -1.99. The molecule has 4 rings (SSSR count). The van der Waals surface area contributed by atoms with Crippen molar-refractivity contribution in [3.05, 3.63) is 36.4 Å². The molecule has 0 aliphatic carbocycles. The smallest absolute Gasteiger partial charge is 0.437 e. The molecule has 0 aliphatic heterocycles. The van der Waals surface area contributed by atoms with Crippen LogP contribution < -0.4 is 28.4 Å². The Morgan fingerprint density at radius 3 is 0.521 bits per heavy atom. The van der Waals surface area contributed by atoms with Gasteiger partial charge in [0.25, 0.3) is 0 Å². The first-order valence-electron chi connectivity index (χ1n) is 13.1. The second kappa shape index (κ2) is 14.6. The molecule has 48 heavy (non-hydrogen) atoms. The maximum Gasteiger partial charge on any atom is 0.513 e. The van der Waals surface area contributed by atoms with Crippen LogP contribution in [0.5, 0.6) is 34.5 Å².